The topological polar surface area (TPSA) is 34.1 Å². The number of ketones is 2. The van der Waals surface area contributed by atoms with E-state index in [2.05, 4.69) is 26.0 Å². The lowest BCUT2D eigenvalue weighted by Crippen LogP contribution is -2.20. The fraction of sp³-hybridized carbons (Fsp3) is 0.882. The molecule has 0 rings (SSSR count). The van der Waals surface area contributed by atoms with Gasteiger partial charge in [-0.05, 0) is 45.4 Å². The normalized spacial score (nSPS) is 12.4. The van der Waals surface area contributed by atoms with Gasteiger partial charge in [-0.25, -0.2) is 0 Å². The predicted octanol–water partition coefficient (Wildman–Crippen LogP) is 11.5. The van der Waals surface area contributed by atoms with Crippen LogP contribution < -0.4 is 0 Å². The molecule has 0 saturated heterocycles. The fourth-order valence-electron chi connectivity index (χ4n) is 4.95. The second-order valence-corrected chi connectivity index (χ2v) is 11.3. The maximum absolute atomic E-state index is 12.4. The minimum atomic E-state index is -0.384. The van der Waals surface area contributed by atoms with Gasteiger partial charge in [-0.1, -0.05) is 142 Å². The summed E-state index contributed by atoms with van der Waals surface area (Å²) in [6.07, 6.45) is 36.6. The van der Waals surface area contributed by atoms with Gasteiger partial charge in [-0.3, -0.25) is 9.59 Å². The monoisotopic (exact) mass is 504 g/mol. The average Bonchev–Trinajstić information content (AvgIpc) is 2.88. The average molecular weight is 505 g/mol. The van der Waals surface area contributed by atoms with Crippen LogP contribution in [0.1, 0.15) is 188 Å². The lowest BCUT2D eigenvalue weighted by molar-refractivity contribution is -0.132. The van der Waals surface area contributed by atoms with Gasteiger partial charge < -0.3 is 0 Å². The number of carbonyl (C=O) groups is 2. The van der Waals surface area contributed by atoms with Gasteiger partial charge in [-0.15, -0.1) is 0 Å². The van der Waals surface area contributed by atoms with E-state index >= 15 is 0 Å². The van der Waals surface area contributed by atoms with E-state index in [1.165, 1.54) is 128 Å². The van der Waals surface area contributed by atoms with Crippen molar-refractivity contribution in [1.29, 1.82) is 0 Å². The Morgan fingerprint density at radius 3 is 1.06 bits per heavy atom. The van der Waals surface area contributed by atoms with E-state index in [1.807, 2.05) is 6.92 Å². The van der Waals surface area contributed by atoms with Crippen molar-refractivity contribution in [2.45, 2.75) is 188 Å². The molecule has 2 nitrogen and oxygen atoms in total. The van der Waals surface area contributed by atoms with E-state index in [1.54, 1.807) is 0 Å². The minimum Gasteiger partial charge on any atom is -0.299 e. The van der Waals surface area contributed by atoms with Crippen LogP contribution in [0.3, 0.4) is 0 Å². The van der Waals surface area contributed by atoms with Gasteiger partial charge in [0.15, 0.2) is 0 Å². The molecule has 0 radical (unpaired) electrons. The van der Waals surface area contributed by atoms with Gasteiger partial charge in [-0.2, -0.15) is 0 Å². The number of hydrogen-bond donors (Lipinski definition) is 0. The van der Waals surface area contributed by atoms with Crippen LogP contribution in [0.25, 0.3) is 0 Å². The summed E-state index contributed by atoms with van der Waals surface area (Å²) in [5, 5.41) is 0. The van der Waals surface area contributed by atoms with Gasteiger partial charge in [0.25, 0.3) is 0 Å². The van der Waals surface area contributed by atoms with Crippen molar-refractivity contribution in [2.24, 2.45) is 5.92 Å². The number of allylic oxidation sites excluding steroid dienone is 2. The maximum Gasteiger partial charge on any atom is 0.143 e. The van der Waals surface area contributed by atoms with Crippen LogP contribution in [0, 0.1) is 5.92 Å². The summed E-state index contributed by atoms with van der Waals surface area (Å²) >= 11 is 0. The van der Waals surface area contributed by atoms with E-state index in [-0.39, 0.29) is 17.5 Å². The Morgan fingerprint density at radius 2 is 0.722 bits per heavy atom. The predicted molar refractivity (Wildman–Crippen MR) is 160 cm³/mol. The molecule has 0 aromatic carbocycles. The molecule has 1 unspecified atom stereocenters. The molecule has 0 aliphatic carbocycles. The van der Waals surface area contributed by atoms with Gasteiger partial charge in [0.2, 0.25) is 0 Å². The minimum absolute atomic E-state index is 0.167. The molecule has 212 valence electrons. The van der Waals surface area contributed by atoms with Crippen molar-refractivity contribution in [1.82, 2.24) is 0 Å². The summed E-state index contributed by atoms with van der Waals surface area (Å²) in [4.78, 5) is 24.8. The van der Waals surface area contributed by atoms with E-state index in [0.717, 1.165) is 25.7 Å². The molecule has 2 heteroatoms. The maximum atomic E-state index is 12.4. The van der Waals surface area contributed by atoms with E-state index in [0.29, 0.717) is 12.8 Å². The quantitative estimate of drug-likeness (QED) is 0.0576. The van der Waals surface area contributed by atoms with Crippen LogP contribution in [0.4, 0.5) is 0 Å². The summed E-state index contributed by atoms with van der Waals surface area (Å²) in [6.45, 7) is 6.37. The third kappa shape index (κ3) is 24.8. The summed E-state index contributed by atoms with van der Waals surface area (Å²) in [5.41, 5.74) is 0. The summed E-state index contributed by atoms with van der Waals surface area (Å²) < 4.78 is 0. The van der Waals surface area contributed by atoms with Gasteiger partial charge in [0.05, 0.1) is 5.92 Å². The first-order valence-electron chi connectivity index (χ1n) is 16.3. The lowest BCUT2D eigenvalue weighted by Gasteiger charge is -2.09. The van der Waals surface area contributed by atoms with Gasteiger partial charge in [0.1, 0.15) is 11.6 Å². The second-order valence-electron chi connectivity index (χ2n) is 11.3. The molecule has 0 aromatic heterocycles. The van der Waals surface area contributed by atoms with Gasteiger partial charge >= 0.3 is 0 Å². The standard InChI is InChI=1S/C34H64O2/c1-4-6-8-10-12-14-16-17-18-19-21-23-25-27-29-31-34(36)32(3)33(35)30-28-26-24-22-20-15-13-11-9-7-5-2/h17-18,32H,4-16,19-31H2,1-3H3/b18-17-. The third-order valence-electron chi connectivity index (χ3n) is 7.68. The van der Waals surface area contributed by atoms with E-state index in [9.17, 15) is 9.59 Å². The van der Waals surface area contributed by atoms with E-state index < -0.39 is 0 Å². The first-order valence-corrected chi connectivity index (χ1v) is 16.3. The van der Waals surface area contributed by atoms with Crippen molar-refractivity contribution >= 4 is 11.6 Å². The Balaban J connectivity index is 3.49. The molecule has 0 aliphatic heterocycles. The van der Waals surface area contributed by atoms with E-state index in [4.69, 9.17) is 0 Å². The van der Waals surface area contributed by atoms with Crippen LogP contribution >= 0.6 is 0 Å². The third-order valence-corrected chi connectivity index (χ3v) is 7.68. The molecule has 0 aliphatic rings. The van der Waals surface area contributed by atoms with Crippen molar-refractivity contribution in [3.63, 3.8) is 0 Å². The Labute approximate surface area is 226 Å². The number of unbranched alkanes of at least 4 members (excludes halogenated alkanes) is 21. The number of rotatable bonds is 29. The van der Waals surface area contributed by atoms with Crippen LogP contribution in [-0.2, 0) is 9.59 Å². The zero-order valence-electron chi connectivity index (χ0n) is 24.9. The van der Waals surface area contributed by atoms with Gasteiger partial charge in [0, 0.05) is 12.8 Å². The molecule has 0 saturated carbocycles. The summed E-state index contributed by atoms with van der Waals surface area (Å²) in [6, 6.07) is 0. The molecule has 0 heterocycles. The molecule has 0 amide bonds. The number of carbonyl (C=O) groups excluding carboxylic acids is 2. The zero-order valence-corrected chi connectivity index (χ0v) is 24.9. The number of Topliss-reactive ketones (excluding diaryl/α,β-unsaturated/α-hetero) is 2. The van der Waals surface area contributed by atoms with Crippen molar-refractivity contribution < 1.29 is 9.59 Å². The molecule has 0 spiro atoms. The van der Waals surface area contributed by atoms with Crippen molar-refractivity contribution in [3.8, 4) is 0 Å². The zero-order chi connectivity index (χ0) is 26.5. The van der Waals surface area contributed by atoms with Crippen LogP contribution in [-0.4, -0.2) is 11.6 Å². The van der Waals surface area contributed by atoms with Crippen LogP contribution in [0.5, 0.6) is 0 Å². The lowest BCUT2D eigenvalue weighted by atomic mass is 9.93. The molecular formula is C34H64O2. The Morgan fingerprint density at radius 1 is 0.444 bits per heavy atom. The first kappa shape index (κ1) is 35.1. The molecule has 0 fully saturated rings. The molecule has 1 atom stereocenters. The highest BCUT2D eigenvalue weighted by Gasteiger charge is 2.19. The molecular weight excluding hydrogens is 440 g/mol. The second kappa shape index (κ2) is 28.6. The fourth-order valence-corrected chi connectivity index (χ4v) is 4.95. The molecule has 0 bridgehead atoms. The highest BCUT2D eigenvalue weighted by Crippen LogP contribution is 2.16. The Kier molecular flexibility index (Phi) is 27.9. The molecule has 0 N–H and O–H groups in total. The largest absolute Gasteiger partial charge is 0.299 e. The van der Waals surface area contributed by atoms with Crippen LogP contribution in [0.2, 0.25) is 0 Å². The highest BCUT2D eigenvalue weighted by molar-refractivity contribution is 6.01. The first-order chi connectivity index (χ1) is 17.6. The summed E-state index contributed by atoms with van der Waals surface area (Å²) in [5.74, 6) is -0.0470. The van der Waals surface area contributed by atoms with Crippen LogP contribution in [0.15, 0.2) is 12.2 Å². The highest BCUT2D eigenvalue weighted by atomic mass is 16.1. The van der Waals surface area contributed by atoms with Crippen molar-refractivity contribution in [3.05, 3.63) is 12.2 Å². The smallest absolute Gasteiger partial charge is 0.143 e. The Hall–Kier alpha value is -0.920. The SMILES string of the molecule is CCCCCCCC/C=C\CCCCCCCC(=O)C(C)C(=O)CCCCCCCCCCCCC. The molecule has 36 heavy (non-hydrogen) atoms. The number of hydrogen-bond acceptors (Lipinski definition) is 2. The molecule has 0 aromatic rings. The Bertz CT molecular complexity index is 507. The summed E-state index contributed by atoms with van der Waals surface area (Å²) in [7, 11) is 0. The van der Waals surface area contributed by atoms with Crippen molar-refractivity contribution in [2.75, 3.05) is 0 Å².